The summed E-state index contributed by atoms with van der Waals surface area (Å²) in [4.78, 5) is 0. The lowest BCUT2D eigenvalue weighted by molar-refractivity contribution is -0.0277. The van der Waals surface area contributed by atoms with Crippen LogP contribution in [0, 0.1) is 11.7 Å². The molecule has 20 heavy (non-hydrogen) atoms. The lowest BCUT2D eigenvalue weighted by Gasteiger charge is -2.28. The van der Waals surface area contributed by atoms with Crippen LogP contribution in [-0.4, -0.2) is 23.9 Å². The Morgan fingerprint density at radius 2 is 2.10 bits per heavy atom. The summed E-state index contributed by atoms with van der Waals surface area (Å²) in [6.45, 7) is 9.11. The highest BCUT2D eigenvalue weighted by atomic mass is 19.1. The molecule has 1 atom stereocenters. The van der Waals surface area contributed by atoms with Gasteiger partial charge in [-0.2, -0.15) is 0 Å². The van der Waals surface area contributed by atoms with Gasteiger partial charge in [0, 0.05) is 12.1 Å². The third-order valence-corrected chi connectivity index (χ3v) is 3.54. The molecule has 0 aliphatic rings. The van der Waals surface area contributed by atoms with E-state index in [-0.39, 0.29) is 24.1 Å². The molecule has 0 radical (unpaired) electrons. The molecule has 2 N–H and O–H groups in total. The predicted molar refractivity (Wildman–Crippen MR) is 79.4 cm³/mol. The fourth-order valence-corrected chi connectivity index (χ4v) is 1.64. The Labute approximate surface area is 121 Å². The number of rotatable bonds is 8. The molecule has 0 bridgehead atoms. The molecule has 0 saturated carbocycles. The van der Waals surface area contributed by atoms with Crippen molar-refractivity contribution in [3.63, 3.8) is 0 Å². The van der Waals surface area contributed by atoms with Crippen LogP contribution in [0.1, 0.15) is 39.7 Å². The zero-order chi connectivity index (χ0) is 15.2. The molecule has 0 saturated heterocycles. The van der Waals surface area contributed by atoms with E-state index in [1.165, 1.54) is 6.07 Å². The van der Waals surface area contributed by atoms with Gasteiger partial charge in [-0.15, -0.1) is 0 Å². The van der Waals surface area contributed by atoms with Crippen LogP contribution in [0.5, 0.6) is 5.75 Å². The summed E-state index contributed by atoms with van der Waals surface area (Å²) >= 11 is 0. The lowest BCUT2D eigenvalue weighted by Crippen LogP contribution is -2.38. The van der Waals surface area contributed by atoms with Crippen molar-refractivity contribution >= 4 is 0 Å². The van der Waals surface area contributed by atoms with Crippen LogP contribution in [0.15, 0.2) is 18.2 Å². The fourth-order valence-electron chi connectivity index (χ4n) is 1.64. The van der Waals surface area contributed by atoms with Crippen molar-refractivity contribution in [2.45, 2.75) is 46.3 Å². The predicted octanol–water partition coefficient (Wildman–Crippen LogP) is 3.11. The molecule has 1 aromatic carbocycles. The number of halogens is 1. The van der Waals surface area contributed by atoms with Gasteiger partial charge in [-0.25, -0.2) is 4.39 Å². The quantitative estimate of drug-likeness (QED) is 0.720. The van der Waals surface area contributed by atoms with Crippen molar-refractivity contribution < 1.29 is 14.2 Å². The Morgan fingerprint density at radius 3 is 2.70 bits per heavy atom. The number of benzene rings is 1. The molecule has 0 fully saturated rings. The summed E-state index contributed by atoms with van der Waals surface area (Å²) in [5.74, 6) is -0.117. The van der Waals surface area contributed by atoms with Gasteiger partial charge >= 0.3 is 0 Å². The maximum atomic E-state index is 13.9. The molecule has 1 unspecified atom stereocenters. The number of ether oxygens (including phenoxy) is 1. The minimum Gasteiger partial charge on any atom is -0.487 e. The number of nitrogens with one attached hydrogen (secondary N) is 1. The van der Waals surface area contributed by atoms with E-state index in [0.29, 0.717) is 6.54 Å². The van der Waals surface area contributed by atoms with Crippen LogP contribution < -0.4 is 10.1 Å². The van der Waals surface area contributed by atoms with Gasteiger partial charge in [0.1, 0.15) is 6.61 Å². The Morgan fingerprint density at radius 1 is 1.40 bits per heavy atom. The minimum absolute atomic E-state index is 0.0379. The molecule has 0 spiro atoms. The smallest absolute Gasteiger partial charge is 0.165 e. The van der Waals surface area contributed by atoms with E-state index in [1.54, 1.807) is 13.0 Å². The first kappa shape index (κ1) is 16.9. The van der Waals surface area contributed by atoms with Gasteiger partial charge in [0.2, 0.25) is 0 Å². The number of aliphatic hydroxyl groups is 1. The minimum atomic E-state index is -0.976. The summed E-state index contributed by atoms with van der Waals surface area (Å²) in [5.41, 5.74) is -0.200. The number of para-hydroxylation sites is 1. The van der Waals surface area contributed by atoms with E-state index in [2.05, 4.69) is 12.2 Å². The summed E-state index contributed by atoms with van der Waals surface area (Å²) < 4.78 is 19.5. The van der Waals surface area contributed by atoms with Gasteiger partial charge in [0.05, 0.1) is 5.60 Å². The molecule has 0 amide bonds. The molecule has 0 heterocycles. The standard InChI is InChI=1S/C16H26FNO2/c1-5-9-18-10-13-7-6-8-14(17)15(13)20-11-16(4,19)12(2)3/h6-8,12,18-19H,5,9-11H2,1-4H3. The zero-order valence-electron chi connectivity index (χ0n) is 12.9. The number of hydrogen-bond donors (Lipinski definition) is 2. The van der Waals surface area contributed by atoms with E-state index in [4.69, 9.17) is 4.74 Å². The van der Waals surface area contributed by atoms with Crippen LogP contribution in [-0.2, 0) is 6.54 Å². The molecule has 0 aliphatic carbocycles. The summed E-state index contributed by atoms with van der Waals surface area (Å²) in [5, 5.41) is 13.4. The van der Waals surface area contributed by atoms with Crippen LogP contribution in [0.25, 0.3) is 0 Å². The average Bonchev–Trinajstić information content (AvgIpc) is 2.38. The van der Waals surface area contributed by atoms with Crippen molar-refractivity contribution in [2.24, 2.45) is 5.92 Å². The molecular weight excluding hydrogens is 257 g/mol. The second-order valence-corrected chi connectivity index (χ2v) is 5.71. The average molecular weight is 283 g/mol. The SMILES string of the molecule is CCCNCc1cccc(F)c1OCC(C)(O)C(C)C. The van der Waals surface area contributed by atoms with E-state index in [1.807, 2.05) is 19.9 Å². The fraction of sp³-hybridized carbons (Fsp3) is 0.625. The Kier molecular flexibility index (Phi) is 6.43. The summed E-state index contributed by atoms with van der Waals surface area (Å²) in [7, 11) is 0. The first-order valence-electron chi connectivity index (χ1n) is 7.21. The van der Waals surface area contributed by atoms with E-state index < -0.39 is 5.60 Å². The van der Waals surface area contributed by atoms with Crippen molar-refractivity contribution in [2.75, 3.05) is 13.2 Å². The van der Waals surface area contributed by atoms with E-state index >= 15 is 0 Å². The monoisotopic (exact) mass is 283 g/mol. The van der Waals surface area contributed by atoms with Gasteiger partial charge in [0.15, 0.2) is 11.6 Å². The molecule has 1 rings (SSSR count). The lowest BCUT2D eigenvalue weighted by atomic mass is 9.94. The molecule has 0 aliphatic heterocycles. The molecule has 0 aromatic heterocycles. The van der Waals surface area contributed by atoms with Crippen LogP contribution in [0.3, 0.4) is 0 Å². The second-order valence-electron chi connectivity index (χ2n) is 5.71. The third-order valence-electron chi connectivity index (χ3n) is 3.54. The van der Waals surface area contributed by atoms with Crippen molar-refractivity contribution in [1.82, 2.24) is 5.32 Å². The summed E-state index contributed by atoms with van der Waals surface area (Å²) in [6.07, 6.45) is 1.02. The Hall–Kier alpha value is -1.13. The summed E-state index contributed by atoms with van der Waals surface area (Å²) in [6, 6.07) is 4.89. The van der Waals surface area contributed by atoms with Gasteiger partial charge in [-0.3, -0.25) is 0 Å². The third kappa shape index (κ3) is 4.76. The second kappa shape index (κ2) is 7.60. The molecule has 3 nitrogen and oxygen atoms in total. The highest BCUT2D eigenvalue weighted by Crippen LogP contribution is 2.25. The van der Waals surface area contributed by atoms with Crippen molar-refractivity contribution in [3.05, 3.63) is 29.6 Å². The van der Waals surface area contributed by atoms with Crippen molar-refractivity contribution in [3.8, 4) is 5.75 Å². The van der Waals surface area contributed by atoms with Gasteiger partial charge in [0.25, 0.3) is 0 Å². The zero-order valence-corrected chi connectivity index (χ0v) is 12.9. The highest BCUT2D eigenvalue weighted by Gasteiger charge is 2.26. The molecule has 4 heteroatoms. The first-order chi connectivity index (χ1) is 9.38. The molecule has 114 valence electrons. The first-order valence-corrected chi connectivity index (χ1v) is 7.21. The Bertz CT molecular complexity index is 419. The Balaban J connectivity index is 2.77. The van der Waals surface area contributed by atoms with Crippen LogP contribution >= 0.6 is 0 Å². The normalized spacial score (nSPS) is 14.3. The van der Waals surface area contributed by atoms with Gasteiger partial charge in [-0.1, -0.05) is 32.9 Å². The van der Waals surface area contributed by atoms with E-state index in [9.17, 15) is 9.50 Å². The van der Waals surface area contributed by atoms with Crippen molar-refractivity contribution in [1.29, 1.82) is 0 Å². The maximum absolute atomic E-state index is 13.9. The van der Waals surface area contributed by atoms with E-state index in [0.717, 1.165) is 18.5 Å². The topological polar surface area (TPSA) is 41.5 Å². The van der Waals surface area contributed by atoms with Crippen LogP contribution in [0.4, 0.5) is 4.39 Å². The molecular formula is C16H26FNO2. The largest absolute Gasteiger partial charge is 0.487 e. The number of hydrogen-bond acceptors (Lipinski definition) is 3. The maximum Gasteiger partial charge on any atom is 0.165 e. The highest BCUT2D eigenvalue weighted by molar-refractivity contribution is 5.35. The van der Waals surface area contributed by atoms with Gasteiger partial charge < -0.3 is 15.2 Å². The van der Waals surface area contributed by atoms with Crippen LogP contribution in [0.2, 0.25) is 0 Å². The molecule has 1 aromatic rings. The van der Waals surface area contributed by atoms with Gasteiger partial charge in [-0.05, 0) is 31.9 Å².